The molecule has 0 amide bonds. The molecule has 26 heavy (non-hydrogen) atoms. The molecule has 1 aromatic rings. The topological polar surface area (TPSA) is 0 Å². The van der Waals surface area contributed by atoms with Crippen LogP contribution >= 0.6 is 15.9 Å². The van der Waals surface area contributed by atoms with E-state index < -0.39 is 14.2 Å². The minimum absolute atomic E-state index is 0.641. The zero-order valence-corrected chi connectivity index (χ0v) is 19.0. The Morgan fingerprint density at radius 1 is 1.00 bits per heavy atom. The Labute approximate surface area is 169 Å². The Hall–Kier alpha value is -0.153. The summed E-state index contributed by atoms with van der Waals surface area (Å²) in [5.74, 6) is 2.88. The highest BCUT2D eigenvalue weighted by Gasteiger charge is 2.40. The summed E-state index contributed by atoms with van der Waals surface area (Å²) < 4.78 is 13.4. The predicted molar refractivity (Wildman–Crippen MR) is 118 cm³/mol. The molecule has 1 aliphatic heterocycles. The minimum atomic E-state index is -1.43. The van der Waals surface area contributed by atoms with Gasteiger partial charge < -0.3 is 0 Å². The van der Waals surface area contributed by atoms with Gasteiger partial charge in [0.15, 0.2) is 0 Å². The molecule has 2 aliphatic rings. The molecule has 2 fully saturated rings. The molecular weight excluding hydrogens is 403 g/mol. The van der Waals surface area contributed by atoms with E-state index in [2.05, 4.69) is 46.3 Å². The first kappa shape index (κ1) is 20.6. The van der Waals surface area contributed by atoms with Crippen molar-refractivity contribution in [3.05, 3.63) is 30.3 Å². The molecule has 1 unspecified atom stereocenters. The summed E-state index contributed by atoms with van der Waals surface area (Å²) in [5, 5.41) is 2.84. The maximum absolute atomic E-state index is 13.4. The highest BCUT2D eigenvalue weighted by Crippen LogP contribution is 2.44. The third kappa shape index (κ3) is 5.22. The molecule has 1 aliphatic carbocycles. The molecule has 0 aromatic heterocycles. The van der Waals surface area contributed by atoms with Gasteiger partial charge in [-0.15, -0.1) is 0 Å². The first-order valence-electron chi connectivity index (χ1n) is 10.9. The third-order valence-electron chi connectivity index (χ3n) is 7.41. The van der Waals surface area contributed by atoms with Gasteiger partial charge in [-0.25, -0.2) is 4.39 Å². The molecule has 0 bridgehead atoms. The summed E-state index contributed by atoms with van der Waals surface area (Å²) in [6.07, 6.45) is 9.86. The van der Waals surface area contributed by atoms with Crippen molar-refractivity contribution in [2.75, 3.05) is 5.33 Å². The summed E-state index contributed by atoms with van der Waals surface area (Å²) in [7, 11) is -1.43. The van der Waals surface area contributed by atoms with Crippen LogP contribution in [0.15, 0.2) is 30.3 Å². The van der Waals surface area contributed by atoms with E-state index >= 15 is 0 Å². The van der Waals surface area contributed by atoms with E-state index in [1.807, 2.05) is 0 Å². The first-order valence-corrected chi connectivity index (χ1v) is 14.6. The SMILES string of the molecule is CC(F)CCC[Si]1(c2ccccc2)CCC([C@H]2CC[C@H](CBr)CC2)CC1. The lowest BCUT2D eigenvalue weighted by Crippen LogP contribution is -2.50. The Morgan fingerprint density at radius 2 is 1.62 bits per heavy atom. The number of alkyl halides is 2. The van der Waals surface area contributed by atoms with Crippen molar-refractivity contribution in [2.24, 2.45) is 17.8 Å². The van der Waals surface area contributed by atoms with Gasteiger partial charge >= 0.3 is 0 Å². The molecular formula is C23H36BrFSi. The van der Waals surface area contributed by atoms with E-state index in [9.17, 15) is 4.39 Å². The van der Waals surface area contributed by atoms with Crippen molar-refractivity contribution >= 4 is 29.2 Å². The molecule has 3 rings (SSSR count). The van der Waals surface area contributed by atoms with E-state index in [0.717, 1.165) is 30.6 Å². The summed E-state index contributed by atoms with van der Waals surface area (Å²) in [6.45, 7) is 1.72. The maximum atomic E-state index is 13.4. The quantitative estimate of drug-likeness (QED) is 0.314. The summed E-state index contributed by atoms with van der Waals surface area (Å²) in [4.78, 5) is 0. The monoisotopic (exact) mass is 438 g/mol. The van der Waals surface area contributed by atoms with E-state index in [4.69, 9.17) is 0 Å². The van der Waals surface area contributed by atoms with Crippen LogP contribution in [-0.2, 0) is 0 Å². The maximum Gasteiger partial charge on any atom is 0.0973 e. The number of hydrogen-bond acceptors (Lipinski definition) is 0. The van der Waals surface area contributed by atoms with Crippen LogP contribution in [0, 0.1) is 17.8 Å². The average molecular weight is 440 g/mol. The molecule has 0 radical (unpaired) electrons. The highest BCUT2D eigenvalue weighted by molar-refractivity contribution is 9.09. The lowest BCUT2D eigenvalue weighted by Gasteiger charge is -2.43. The second-order valence-electron chi connectivity index (χ2n) is 9.09. The molecule has 0 N–H and O–H groups in total. The predicted octanol–water partition coefficient (Wildman–Crippen LogP) is 7.09. The van der Waals surface area contributed by atoms with Gasteiger partial charge in [0, 0.05) is 5.33 Å². The van der Waals surface area contributed by atoms with Gasteiger partial charge in [0.1, 0.15) is 0 Å². The molecule has 1 atom stereocenters. The standard InChI is InChI=1S/C23H36BrFSi/c1-19(25)6-5-15-26(23-7-3-2-4-8-23)16-13-22(14-17-26)21-11-9-20(18-24)10-12-21/h2-4,7-8,19-22H,5-6,9-18H2,1H3/t19?,20-,21-,22?,26?. The van der Waals surface area contributed by atoms with Crippen LogP contribution in [0.25, 0.3) is 0 Å². The largest absolute Gasteiger partial charge is 0.248 e. The fourth-order valence-electron chi connectivity index (χ4n) is 5.67. The lowest BCUT2D eigenvalue weighted by molar-refractivity contribution is 0.200. The van der Waals surface area contributed by atoms with Crippen LogP contribution < -0.4 is 5.19 Å². The van der Waals surface area contributed by atoms with Gasteiger partial charge in [-0.05, 0) is 56.8 Å². The van der Waals surface area contributed by atoms with Crippen molar-refractivity contribution in [1.82, 2.24) is 0 Å². The van der Waals surface area contributed by atoms with E-state index in [1.54, 1.807) is 12.1 Å². The Kier molecular flexibility index (Phi) is 7.81. The second kappa shape index (κ2) is 9.86. The van der Waals surface area contributed by atoms with Gasteiger partial charge in [-0.2, -0.15) is 0 Å². The van der Waals surface area contributed by atoms with E-state index in [1.165, 1.54) is 62.0 Å². The number of hydrogen-bond donors (Lipinski definition) is 0. The smallest absolute Gasteiger partial charge is 0.0973 e. The highest BCUT2D eigenvalue weighted by atomic mass is 79.9. The summed E-state index contributed by atoms with van der Waals surface area (Å²) in [6, 6.07) is 15.5. The third-order valence-corrected chi connectivity index (χ3v) is 13.7. The van der Waals surface area contributed by atoms with Crippen molar-refractivity contribution in [2.45, 2.75) is 82.6 Å². The zero-order valence-electron chi connectivity index (χ0n) is 16.4. The molecule has 0 spiro atoms. The lowest BCUT2D eigenvalue weighted by atomic mass is 9.74. The van der Waals surface area contributed by atoms with Crippen molar-refractivity contribution in [1.29, 1.82) is 0 Å². The van der Waals surface area contributed by atoms with Crippen LogP contribution in [0.2, 0.25) is 18.1 Å². The summed E-state index contributed by atoms with van der Waals surface area (Å²) >= 11 is 3.68. The van der Waals surface area contributed by atoms with Gasteiger partial charge in [-0.3, -0.25) is 0 Å². The molecule has 0 nitrogen and oxygen atoms in total. The van der Waals surface area contributed by atoms with Gasteiger partial charge in [0.25, 0.3) is 0 Å². The van der Waals surface area contributed by atoms with Crippen LogP contribution in [-0.4, -0.2) is 19.6 Å². The first-order chi connectivity index (χ1) is 12.6. The van der Waals surface area contributed by atoms with Crippen molar-refractivity contribution in [3.8, 4) is 0 Å². The van der Waals surface area contributed by atoms with Crippen LogP contribution in [0.4, 0.5) is 4.39 Å². The van der Waals surface area contributed by atoms with Crippen molar-refractivity contribution < 1.29 is 4.39 Å². The molecule has 146 valence electrons. The Morgan fingerprint density at radius 3 is 2.19 bits per heavy atom. The van der Waals surface area contributed by atoms with Gasteiger partial charge in [0.2, 0.25) is 0 Å². The normalized spacial score (nSPS) is 33.7. The fourth-order valence-corrected chi connectivity index (χ4v) is 11.6. The fraction of sp³-hybridized carbons (Fsp3) is 0.739. The van der Waals surface area contributed by atoms with Crippen LogP contribution in [0.5, 0.6) is 0 Å². The Bertz CT molecular complexity index is 516. The molecule has 1 heterocycles. The van der Waals surface area contributed by atoms with Crippen LogP contribution in [0.1, 0.15) is 58.3 Å². The van der Waals surface area contributed by atoms with Gasteiger partial charge in [0.05, 0.1) is 14.2 Å². The van der Waals surface area contributed by atoms with E-state index in [-0.39, 0.29) is 0 Å². The Balaban J connectivity index is 1.61. The molecule has 1 aromatic carbocycles. The number of benzene rings is 1. The average Bonchev–Trinajstić information content (AvgIpc) is 2.69. The molecule has 1 saturated carbocycles. The second-order valence-corrected chi connectivity index (χ2v) is 14.4. The number of rotatable bonds is 7. The number of halogens is 2. The molecule has 3 heteroatoms. The van der Waals surface area contributed by atoms with Crippen molar-refractivity contribution in [3.63, 3.8) is 0 Å². The van der Waals surface area contributed by atoms with Crippen LogP contribution in [0.3, 0.4) is 0 Å². The summed E-state index contributed by atoms with van der Waals surface area (Å²) in [5.41, 5.74) is 0. The van der Waals surface area contributed by atoms with E-state index in [0.29, 0.717) is 0 Å². The van der Waals surface area contributed by atoms with Gasteiger partial charge in [-0.1, -0.05) is 88.8 Å². The molecule has 1 saturated heterocycles. The minimum Gasteiger partial charge on any atom is -0.248 e. The zero-order chi connectivity index (χ0) is 18.4.